The Morgan fingerprint density at radius 1 is 1.33 bits per heavy atom. The minimum absolute atomic E-state index is 0.433. The molecule has 0 atom stereocenters. The van der Waals surface area contributed by atoms with Gasteiger partial charge in [0.2, 0.25) is 0 Å². The van der Waals surface area contributed by atoms with Crippen LogP contribution in [0.3, 0.4) is 0 Å². The van der Waals surface area contributed by atoms with Crippen molar-refractivity contribution in [2.24, 2.45) is 11.7 Å². The Hall–Kier alpha value is -1.20. The molecule has 0 bridgehead atoms. The van der Waals surface area contributed by atoms with Crippen LogP contribution in [-0.4, -0.2) is 10.1 Å². The quantitative estimate of drug-likeness (QED) is 0.883. The van der Waals surface area contributed by atoms with Crippen LogP contribution in [0, 0.1) is 12.8 Å². The molecule has 21 heavy (non-hydrogen) atoms. The molecular formula is C16H20BrN3O. The van der Waals surface area contributed by atoms with Crippen LogP contribution in [0.25, 0.3) is 11.5 Å². The molecule has 1 aromatic heterocycles. The maximum Gasteiger partial charge on any atom is 0.258 e. The van der Waals surface area contributed by atoms with Gasteiger partial charge in [-0.1, -0.05) is 28.0 Å². The first-order chi connectivity index (χ1) is 9.98. The number of hydrogen-bond donors (Lipinski definition) is 1. The highest BCUT2D eigenvalue weighted by Crippen LogP contribution is 2.37. The number of rotatable bonds is 2. The number of nitrogens with two attached hydrogens (primary N) is 1. The molecule has 0 unspecified atom stereocenters. The lowest BCUT2D eigenvalue weighted by Gasteiger charge is -2.33. The Kier molecular flexibility index (Phi) is 3.88. The number of hydrogen-bond acceptors (Lipinski definition) is 4. The van der Waals surface area contributed by atoms with E-state index in [-0.39, 0.29) is 0 Å². The van der Waals surface area contributed by atoms with Gasteiger partial charge < -0.3 is 10.3 Å². The van der Waals surface area contributed by atoms with Gasteiger partial charge in [-0.15, -0.1) is 0 Å². The second-order valence-electron chi connectivity index (χ2n) is 6.22. The summed E-state index contributed by atoms with van der Waals surface area (Å²) in [6, 6.07) is 6.01. The van der Waals surface area contributed by atoms with E-state index in [2.05, 4.69) is 33.0 Å². The van der Waals surface area contributed by atoms with Crippen molar-refractivity contribution in [3.05, 3.63) is 34.1 Å². The Labute approximate surface area is 133 Å². The summed E-state index contributed by atoms with van der Waals surface area (Å²) >= 11 is 3.46. The second-order valence-corrected chi connectivity index (χ2v) is 7.14. The van der Waals surface area contributed by atoms with Crippen molar-refractivity contribution >= 4 is 15.9 Å². The molecule has 4 nitrogen and oxygen atoms in total. The molecule has 0 aliphatic heterocycles. The molecule has 112 valence electrons. The summed E-state index contributed by atoms with van der Waals surface area (Å²) in [6.45, 7) is 4.30. The number of halogens is 1. The predicted octanol–water partition coefficient (Wildman–Crippen LogP) is 4.17. The fourth-order valence-corrected chi connectivity index (χ4v) is 3.38. The molecule has 0 spiro atoms. The minimum Gasteiger partial charge on any atom is -0.334 e. The van der Waals surface area contributed by atoms with Crippen LogP contribution in [0.1, 0.15) is 44.0 Å². The van der Waals surface area contributed by atoms with Crippen molar-refractivity contribution in [1.29, 1.82) is 0 Å². The standard InChI is InChI=1S/C16H20BrN3O/c1-10-5-7-16(18,8-6-10)15-19-14(21-20-15)13-4-3-12(17)9-11(13)2/h3-4,9-10H,5-8,18H2,1-2H3. The summed E-state index contributed by atoms with van der Waals surface area (Å²) in [6.07, 6.45) is 4.09. The average molecular weight is 350 g/mol. The Bertz CT molecular complexity index is 645. The first-order valence-electron chi connectivity index (χ1n) is 7.37. The molecular weight excluding hydrogens is 330 g/mol. The molecule has 0 radical (unpaired) electrons. The van der Waals surface area contributed by atoms with Crippen molar-refractivity contribution in [1.82, 2.24) is 10.1 Å². The maximum atomic E-state index is 6.50. The summed E-state index contributed by atoms with van der Waals surface area (Å²) < 4.78 is 6.50. The average Bonchev–Trinajstić information content (AvgIpc) is 2.92. The lowest BCUT2D eigenvalue weighted by Crippen LogP contribution is -2.41. The number of aryl methyl sites for hydroxylation is 1. The summed E-state index contributed by atoms with van der Waals surface area (Å²) in [5, 5.41) is 4.15. The smallest absolute Gasteiger partial charge is 0.258 e. The molecule has 1 aliphatic rings. The zero-order chi connectivity index (χ0) is 15.0. The van der Waals surface area contributed by atoms with E-state index in [1.807, 2.05) is 25.1 Å². The van der Waals surface area contributed by atoms with Crippen LogP contribution < -0.4 is 5.73 Å². The number of nitrogens with zero attached hydrogens (tertiary/aromatic N) is 2. The van der Waals surface area contributed by atoms with Gasteiger partial charge >= 0.3 is 0 Å². The molecule has 1 aliphatic carbocycles. The van der Waals surface area contributed by atoms with Crippen molar-refractivity contribution in [3.8, 4) is 11.5 Å². The van der Waals surface area contributed by atoms with E-state index in [1.165, 1.54) is 0 Å². The third kappa shape index (κ3) is 2.90. The Balaban J connectivity index is 1.89. The third-order valence-electron chi connectivity index (χ3n) is 4.46. The second kappa shape index (κ2) is 5.54. The van der Waals surface area contributed by atoms with E-state index in [1.54, 1.807) is 0 Å². The van der Waals surface area contributed by atoms with Gasteiger partial charge in [-0.05, 0) is 62.3 Å². The monoisotopic (exact) mass is 349 g/mol. The lowest BCUT2D eigenvalue weighted by atomic mass is 9.77. The topological polar surface area (TPSA) is 64.9 Å². The van der Waals surface area contributed by atoms with Crippen molar-refractivity contribution in [2.75, 3.05) is 0 Å². The third-order valence-corrected chi connectivity index (χ3v) is 4.95. The molecule has 1 saturated carbocycles. The minimum atomic E-state index is -0.433. The lowest BCUT2D eigenvalue weighted by molar-refractivity contribution is 0.230. The van der Waals surface area contributed by atoms with Crippen LogP contribution in [0.5, 0.6) is 0 Å². The van der Waals surface area contributed by atoms with Crippen molar-refractivity contribution in [2.45, 2.75) is 45.1 Å². The van der Waals surface area contributed by atoms with E-state index in [0.29, 0.717) is 11.7 Å². The predicted molar refractivity (Wildman–Crippen MR) is 85.7 cm³/mol. The van der Waals surface area contributed by atoms with E-state index in [0.717, 1.165) is 47.2 Å². The van der Waals surface area contributed by atoms with Crippen LogP contribution in [0.15, 0.2) is 27.2 Å². The number of benzene rings is 1. The van der Waals surface area contributed by atoms with Crippen LogP contribution >= 0.6 is 15.9 Å². The van der Waals surface area contributed by atoms with Gasteiger partial charge in [0.25, 0.3) is 5.89 Å². The van der Waals surface area contributed by atoms with Gasteiger partial charge in [0, 0.05) is 10.0 Å². The highest BCUT2D eigenvalue weighted by molar-refractivity contribution is 9.10. The van der Waals surface area contributed by atoms with Gasteiger partial charge in [0.1, 0.15) is 0 Å². The van der Waals surface area contributed by atoms with E-state index in [4.69, 9.17) is 10.3 Å². The number of aromatic nitrogens is 2. The highest BCUT2D eigenvalue weighted by Gasteiger charge is 2.36. The SMILES string of the molecule is Cc1cc(Br)ccc1-c1nc(C2(N)CCC(C)CC2)no1. The normalized spacial score (nSPS) is 26.0. The summed E-state index contributed by atoms with van der Waals surface area (Å²) in [4.78, 5) is 4.57. The van der Waals surface area contributed by atoms with Gasteiger partial charge in [-0.3, -0.25) is 0 Å². The zero-order valence-electron chi connectivity index (χ0n) is 12.4. The van der Waals surface area contributed by atoms with Crippen molar-refractivity contribution < 1.29 is 4.52 Å². The Morgan fingerprint density at radius 2 is 2.05 bits per heavy atom. The van der Waals surface area contributed by atoms with E-state index in [9.17, 15) is 0 Å². The fourth-order valence-electron chi connectivity index (χ4n) is 2.90. The summed E-state index contributed by atoms with van der Waals surface area (Å²) in [5.74, 6) is 1.94. The molecule has 1 heterocycles. The summed E-state index contributed by atoms with van der Waals surface area (Å²) in [5.41, 5.74) is 8.13. The van der Waals surface area contributed by atoms with Crippen LogP contribution in [-0.2, 0) is 5.54 Å². The molecule has 3 rings (SSSR count). The van der Waals surface area contributed by atoms with E-state index < -0.39 is 5.54 Å². The molecule has 5 heteroatoms. The Morgan fingerprint density at radius 3 is 2.71 bits per heavy atom. The maximum absolute atomic E-state index is 6.50. The molecule has 1 fully saturated rings. The first kappa shape index (κ1) is 14.7. The van der Waals surface area contributed by atoms with Crippen LogP contribution in [0.4, 0.5) is 0 Å². The van der Waals surface area contributed by atoms with Gasteiger partial charge in [-0.2, -0.15) is 4.98 Å². The molecule has 1 aromatic carbocycles. The van der Waals surface area contributed by atoms with Crippen molar-refractivity contribution in [3.63, 3.8) is 0 Å². The van der Waals surface area contributed by atoms with Gasteiger partial charge in [0.05, 0.1) is 5.54 Å². The molecule has 2 aromatic rings. The highest BCUT2D eigenvalue weighted by atomic mass is 79.9. The van der Waals surface area contributed by atoms with E-state index >= 15 is 0 Å². The van der Waals surface area contributed by atoms with Gasteiger partial charge in [0.15, 0.2) is 5.82 Å². The first-order valence-corrected chi connectivity index (χ1v) is 8.17. The largest absolute Gasteiger partial charge is 0.334 e. The summed E-state index contributed by atoms with van der Waals surface area (Å²) in [7, 11) is 0. The zero-order valence-corrected chi connectivity index (χ0v) is 14.0. The van der Waals surface area contributed by atoms with Crippen LogP contribution in [0.2, 0.25) is 0 Å². The fraction of sp³-hybridized carbons (Fsp3) is 0.500. The van der Waals surface area contributed by atoms with Gasteiger partial charge in [-0.25, -0.2) is 0 Å². The molecule has 2 N–H and O–H groups in total. The molecule has 0 amide bonds. The molecule has 0 saturated heterocycles.